The van der Waals surface area contributed by atoms with Gasteiger partial charge in [0.05, 0.1) is 10.6 Å². The molecule has 11 heteroatoms. The Balaban J connectivity index is 1.70. The van der Waals surface area contributed by atoms with Crippen molar-refractivity contribution in [2.75, 3.05) is 0 Å². The molecule has 150 valence electrons. The summed E-state index contributed by atoms with van der Waals surface area (Å²) in [6, 6.07) is 14.1. The molecule has 1 amide bonds. The fraction of sp³-hybridized carbons (Fsp3) is 0.0556. The molecule has 1 aromatic heterocycles. The van der Waals surface area contributed by atoms with Crippen LogP contribution in [0.4, 0.5) is 4.39 Å². The van der Waals surface area contributed by atoms with Crippen LogP contribution in [0, 0.1) is 5.82 Å². The first-order valence-electron chi connectivity index (χ1n) is 8.15. The van der Waals surface area contributed by atoms with Crippen LogP contribution in [-0.4, -0.2) is 24.1 Å². The second-order valence-electron chi connectivity index (χ2n) is 5.83. The van der Waals surface area contributed by atoms with E-state index in [-0.39, 0.29) is 4.90 Å². The van der Waals surface area contributed by atoms with Crippen LogP contribution in [0.15, 0.2) is 74.8 Å². The largest absolute Gasteiger partial charge is 0.276 e. The third kappa shape index (κ3) is 5.34. The van der Waals surface area contributed by atoms with Crippen LogP contribution in [0.1, 0.15) is 0 Å². The molecule has 3 aromatic rings. The Labute approximate surface area is 173 Å². The van der Waals surface area contributed by atoms with Crippen molar-refractivity contribution in [1.82, 2.24) is 20.0 Å². The molecular formula is C18H14BrFN4O4S. The van der Waals surface area contributed by atoms with Crippen molar-refractivity contribution in [3.05, 3.63) is 81.3 Å². The quantitative estimate of drug-likeness (QED) is 0.522. The predicted molar refractivity (Wildman–Crippen MR) is 106 cm³/mol. The molecule has 8 nitrogen and oxygen atoms in total. The number of carbonyl (C=O) groups excluding carboxylic acids is 1. The Morgan fingerprint density at radius 2 is 1.69 bits per heavy atom. The fourth-order valence-electron chi connectivity index (χ4n) is 2.31. The normalized spacial score (nSPS) is 11.2. The number of amides is 1. The van der Waals surface area contributed by atoms with Crippen molar-refractivity contribution in [3.8, 4) is 11.3 Å². The van der Waals surface area contributed by atoms with Gasteiger partial charge in [0.1, 0.15) is 12.4 Å². The smallest absolute Gasteiger partial charge is 0.267 e. The first kappa shape index (κ1) is 20.8. The van der Waals surface area contributed by atoms with Crippen LogP contribution in [0.25, 0.3) is 11.3 Å². The van der Waals surface area contributed by atoms with Gasteiger partial charge in [0.15, 0.2) is 0 Å². The van der Waals surface area contributed by atoms with E-state index in [9.17, 15) is 22.4 Å². The number of benzene rings is 2. The van der Waals surface area contributed by atoms with Gasteiger partial charge >= 0.3 is 0 Å². The molecule has 2 N–H and O–H groups in total. The van der Waals surface area contributed by atoms with E-state index < -0.39 is 33.9 Å². The summed E-state index contributed by atoms with van der Waals surface area (Å²) in [6.45, 7) is -0.505. The average Bonchev–Trinajstić information content (AvgIpc) is 2.69. The minimum atomic E-state index is -4.09. The summed E-state index contributed by atoms with van der Waals surface area (Å²) < 4.78 is 38.9. The summed E-state index contributed by atoms with van der Waals surface area (Å²) in [5, 5.41) is 4.13. The van der Waals surface area contributed by atoms with Gasteiger partial charge in [-0.2, -0.15) is 5.10 Å². The molecule has 0 spiro atoms. The molecule has 29 heavy (non-hydrogen) atoms. The van der Waals surface area contributed by atoms with E-state index >= 15 is 0 Å². The number of halogens is 2. The van der Waals surface area contributed by atoms with Gasteiger partial charge in [-0.15, -0.1) is 4.83 Å². The summed E-state index contributed by atoms with van der Waals surface area (Å²) in [5.41, 5.74) is 2.68. The maximum atomic E-state index is 12.9. The highest BCUT2D eigenvalue weighted by Crippen LogP contribution is 2.18. The third-order valence-corrected chi connectivity index (χ3v) is 5.54. The number of carbonyl (C=O) groups is 1. The molecule has 0 saturated carbocycles. The lowest BCUT2D eigenvalue weighted by atomic mass is 10.1. The molecule has 0 aliphatic heterocycles. The monoisotopic (exact) mass is 480 g/mol. The molecule has 0 fully saturated rings. The minimum absolute atomic E-state index is 0.230. The second-order valence-corrected chi connectivity index (χ2v) is 8.43. The van der Waals surface area contributed by atoms with E-state index in [2.05, 4.69) is 21.0 Å². The number of hydrazine groups is 1. The van der Waals surface area contributed by atoms with Crippen molar-refractivity contribution < 1.29 is 17.6 Å². The number of nitrogens with zero attached hydrogens (tertiary/aromatic N) is 2. The maximum Gasteiger partial charge on any atom is 0.267 e. The lowest BCUT2D eigenvalue weighted by Gasteiger charge is -2.10. The van der Waals surface area contributed by atoms with Gasteiger partial charge in [0.2, 0.25) is 0 Å². The summed E-state index contributed by atoms with van der Waals surface area (Å²) in [7, 11) is -4.09. The van der Waals surface area contributed by atoms with Gasteiger partial charge in [-0.3, -0.25) is 15.0 Å². The minimum Gasteiger partial charge on any atom is -0.276 e. The van der Waals surface area contributed by atoms with E-state index in [1.54, 1.807) is 12.1 Å². The number of sulfonamides is 1. The predicted octanol–water partition coefficient (Wildman–Crippen LogP) is 1.82. The van der Waals surface area contributed by atoms with Crippen molar-refractivity contribution in [1.29, 1.82) is 0 Å². The summed E-state index contributed by atoms with van der Waals surface area (Å²) in [4.78, 5) is 25.7. The first-order chi connectivity index (χ1) is 13.7. The van der Waals surface area contributed by atoms with E-state index in [0.29, 0.717) is 5.69 Å². The number of nitrogens with one attached hydrogen (secondary N) is 2. The summed E-state index contributed by atoms with van der Waals surface area (Å²) >= 11 is 3.33. The van der Waals surface area contributed by atoms with Crippen molar-refractivity contribution in [3.63, 3.8) is 0 Å². The van der Waals surface area contributed by atoms with Gasteiger partial charge in [0.25, 0.3) is 21.5 Å². The van der Waals surface area contributed by atoms with Crippen molar-refractivity contribution in [2.24, 2.45) is 0 Å². The highest BCUT2D eigenvalue weighted by Gasteiger charge is 2.16. The molecule has 0 aliphatic rings. The Bertz CT molecular complexity index is 1200. The lowest BCUT2D eigenvalue weighted by Crippen LogP contribution is -2.44. The molecule has 0 unspecified atom stereocenters. The zero-order chi connectivity index (χ0) is 21.0. The van der Waals surface area contributed by atoms with E-state index in [1.165, 1.54) is 12.1 Å². The van der Waals surface area contributed by atoms with Gasteiger partial charge in [-0.1, -0.05) is 28.1 Å². The van der Waals surface area contributed by atoms with Gasteiger partial charge in [-0.05, 0) is 42.5 Å². The molecule has 0 aliphatic carbocycles. The Hall–Kier alpha value is -2.89. The van der Waals surface area contributed by atoms with Crippen LogP contribution >= 0.6 is 15.9 Å². The standard InChI is InChI=1S/C18H14BrFN4O4S/c19-13-3-1-12(2-4-13)16-9-10-18(26)24(22-16)11-17(25)21-23-29(27,28)15-7-5-14(20)6-8-15/h1-10,23H,11H2,(H,21,25). The molecular weight excluding hydrogens is 467 g/mol. The van der Waals surface area contributed by atoms with Gasteiger partial charge in [-0.25, -0.2) is 17.5 Å². The Morgan fingerprint density at radius 1 is 1.03 bits per heavy atom. The van der Waals surface area contributed by atoms with Crippen molar-refractivity contribution in [2.45, 2.75) is 11.4 Å². The molecule has 0 radical (unpaired) electrons. The topological polar surface area (TPSA) is 110 Å². The Kier molecular flexibility index (Phi) is 6.20. The average molecular weight is 481 g/mol. The molecule has 0 saturated heterocycles. The maximum absolute atomic E-state index is 12.9. The van der Waals surface area contributed by atoms with Crippen LogP contribution in [0.2, 0.25) is 0 Å². The number of aromatic nitrogens is 2. The van der Waals surface area contributed by atoms with Crippen LogP contribution in [0.5, 0.6) is 0 Å². The summed E-state index contributed by atoms with van der Waals surface area (Å²) in [5.74, 6) is -1.40. The molecule has 0 bridgehead atoms. The van der Waals surface area contributed by atoms with Crippen LogP contribution in [0.3, 0.4) is 0 Å². The van der Waals surface area contributed by atoms with Gasteiger partial charge in [0, 0.05) is 16.1 Å². The van der Waals surface area contributed by atoms with E-state index in [4.69, 9.17) is 0 Å². The number of hydrogen-bond donors (Lipinski definition) is 2. The van der Waals surface area contributed by atoms with Crippen LogP contribution in [-0.2, 0) is 21.4 Å². The van der Waals surface area contributed by atoms with Crippen molar-refractivity contribution >= 4 is 31.9 Å². The van der Waals surface area contributed by atoms with E-state index in [0.717, 1.165) is 39.0 Å². The Morgan fingerprint density at radius 3 is 2.34 bits per heavy atom. The zero-order valence-corrected chi connectivity index (χ0v) is 17.1. The highest BCUT2D eigenvalue weighted by molar-refractivity contribution is 9.10. The second kappa shape index (κ2) is 8.64. The number of hydrogen-bond acceptors (Lipinski definition) is 5. The molecule has 1 heterocycles. The van der Waals surface area contributed by atoms with Crippen LogP contribution < -0.4 is 15.8 Å². The SMILES string of the molecule is O=C(Cn1nc(-c2ccc(Br)cc2)ccc1=O)NNS(=O)(=O)c1ccc(F)cc1. The molecule has 0 atom stereocenters. The molecule has 3 rings (SSSR count). The third-order valence-electron chi connectivity index (χ3n) is 3.75. The molecule has 2 aromatic carbocycles. The van der Waals surface area contributed by atoms with E-state index in [1.807, 2.05) is 22.4 Å². The lowest BCUT2D eigenvalue weighted by molar-refractivity contribution is -0.122. The first-order valence-corrected chi connectivity index (χ1v) is 10.4. The fourth-order valence-corrected chi connectivity index (χ4v) is 3.43. The van der Waals surface area contributed by atoms with Gasteiger partial charge < -0.3 is 0 Å². The zero-order valence-electron chi connectivity index (χ0n) is 14.7. The highest BCUT2D eigenvalue weighted by atomic mass is 79.9. The summed E-state index contributed by atoms with van der Waals surface area (Å²) in [6.07, 6.45) is 0. The number of rotatable bonds is 6.